The fourth-order valence-corrected chi connectivity index (χ4v) is 2.46. The van der Waals surface area contributed by atoms with Crippen molar-refractivity contribution in [3.63, 3.8) is 0 Å². The van der Waals surface area contributed by atoms with Crippen LogP contribution in [0.4, 0.5) is 0 Å². The number of nitrogens with zero attached hydrogens (tertiary/aromatic N) is 2. The molecule has 124 valence electrons. The molecule has 1 N–H and O–H groups in total. The van der Waals surface area contributed by atoms with Gasteiger partial charge in [-0.2, -0.15) is 5.10 Å². The lowest BCUT2D eigenvalue weighted by Gasteiger charge is -2.09. The fourth-order valence-electron chi connectivity index (χ4n) is 2.46. The van der Waals surface area contributed by atoms with E-state index < -0.39 is 0 Å². The van der Waals surface area contributed by atoms with E-state index in [1.807, 2.05) is 36.1 Å². The van der Waals surface area contributed by atoms with Gasteiger partial charge in [0.05, 0.1) is 5.69 Å². The summed E-state index contributed by atoms with van der Waals surface area (Å²) in [5, 5.41) is 7.59. The Bertz CT molecular complexity index is 760. The van der Waals surface area contributed by atoms with Crippen LogP contribution in [-0.4, -0.2) is 9.78 Å². The van der Waals surface area contributed by atoms with Crippen LogP contribution in [0.15, 0.2) is 60.8 Å². The Hall–Kier alpha value is -2.59. The molecular weight excluding hydrogens is 298 g/mol. The number of rotatable bonds is 7. The van der Waals surface area contributed by atoms with Crippen molar-refractivity contribution in [2.24, 2.45) is 7.05 Å². The highest BCUT2D eigenvalue weighted by Crippen LogP contribution is 2.14. The molecule has 1 aromatic heterocycles. The summed E-state index contributed by atoms with van der Waals surface area (Å²) in [7, 11) is 1.96. The van der Waals surface area contributed by atoms with E-state index in [0.29, 0.717) is 6.61 Å². The van der Waals surface area contributed by atoms with Crippen molar-refractivity contribution in [1.29, 1.82) is 0 Å². The maximum absolute atomic E-state index is 5.83. The van der Waals surface area contributed by atoms with Crippen molar-refractivity contribution in [2.75, 3.05) is 0 Å². The van der Waals surface area contributed by atoms with E-state index >= 15 is 0 Å². The van der Waals surface area contributed by atoms with E-state index in [9.17, 15) is 0 Å². The Labute approximate surface area is 143 Å². The van der Waals surface area contributed by atoms with Gasteiger partial charge < -0.3 is 10.1 Å². The van der Waals surface area contributed by atoms with Gasteiger partial charge in [0.25, 0.3) is 0 Å². The molecule has 0 fully saturated rings. The quantitative estimate of drug-likeness (QED) is 0.723. The van der Waals surface area contributed by atoms with Gasteiger partial charge in [-0.25, -0.2) is 0 Å². The van der Waals surface area contributed by atoms with Gasteiger partial charge in [0, 0.05) is 26.3 Å². The molecule has 2 aromatic carbocycles. The van der Waals surface area contributed by atoms with Crippen LogP contribution >= 0.6 is 0 Å². The van der Waals surface area contributed by atoms with Crippen molar-refractivity contribution >= 4 is 0 Å². The third-order valence-electron chi connectivity index (χ3n) is 4.01. The third-order valence-corrected chi connectivity index (χ3v) is 4.01. The highest BCUT2D eigenvalue weighted by molar-refractivity contribution is 5.28. The van der Waals surface area contributed by atoms with E-state index in [1.165, 1.54) is 22.4 Å². The summed E-state index contributed by atoms with van der Waals surface area (Å²) in [5.74, 6) is 0.894. The lowest BCUT2D eigenvalue weighted by atomic mass is 10.2. The van der Waals surface area contributed by atoms with E-state index in [-0.39, 0.29) is 0 Å². The van der Waals surface area contributed by atoms with E-state index in [0.717, 1.165) is 18.8 Å². The summed E-state index contributed by atoms with van der Waals surface area (Å²) < 4.78 is 7.72. The molecule has 0 saturated carbocycles. The zero-order valence-electron chi connectivity index (χ0n) is 14.2. The molecule has 0 radical (unpaired) electrons. The average Bonchev–Trinajstić information content (AvgIpc) is 3.01. The lowest BCUT2D eigenvalue weighted by Crippen LogP contribution is -2.15. The summed E-state index contributed by atoms with van der Waals surface area (Å²) >= 11 is 0. The minimum atomic E-state index is 0.596. The highest BCUT2D eigenvalue weighted by atomic mass is 16.5. The van der Waals surface area contributed by atoms with Gasteiger partial charge in [0.15, 0.2) is 0 Å². The van der Waals surface area contributed by atoms with Gasteiger partial charge >= 0.3 is 0 Å². The van der Waals surface area contributed by atoms with Crippen LogP contribution < -0.4 is 10.1 Å². The average molecular weight is 321 g/mol. The highest BCUT2D eigenvalue weighted by Gasteiger charge is 2.00. The first-order chi connectivity index (χ1) is 11.7. The first kappa shape index (κ1) is 16.3. The SMILES string of the molecule is Cc1ccc(COc2ccc(CNCc3ccnn3C)cc2)cc1. The van der Waals surface area contributed by atoms with Gasteiger partial charge in [-0.05, 0) is 36.2 Å². The number of hydrogen-bond acceptors (Lipinski definition) is 3. The first-order valence-electron chi connectivity index (χ1n) is 8.15. The van der Waals surface area contributed by atoms with Crippen molar-refractivity contribution in [1.82, 2.24) is 15.1 Å². The van der Waals surface area contributed by atoms with E-state index in [4.69, 9.17) is 4.74 Å². The molecule has 1 heterocycles. The zero-order valence-corrected chi connectivity index (χ0v) is 14.2. The van der Waals surface area contributed by atoms with Crippen molar-refractivity contribution in [2.45, 2.75) is 26.6 Å². The molecule has 0 saturated heterocycles. The van der Waals surface area contributed by atoms with Gasteiger partial charge in [-0.1, -0.05) is 42.0 Å². The molecule has 0 bridgehead atoms. The van der Waals surface area contributed by atoms with Crippen molar-refractivity contribution in [3.05, 3.63) is 83.2 Å². The number of aryl methyl sites for hydroxylation is 2. The molecule has 4 heteroatoms. The molecule has 4 nitrogen and oxygen atoms in total. The van der Waals surface area contributed by atoms with Crippen LogP contribution in [0.25, 0.3) is 0 Å². The summed E-state index contributed by atoms with van der Waals surface area (Å²) in [4.78, 5) is 0. The van der Waals surface area contributed by atoms with Gasteiger partial charge in [-0.3, -0.25) is 4.68 Å². The van der Waals surface area contributed by atoms with Crippen LogP contribution in [0.2, 0.25) is 0 Å². The number of nitrogens with one attached hydrogen (secondary N) is 1. The largest absolute Gasteiger partial charge is 0.489 e. The predicted molar refractivity (Wildman–Crippen MR) is 95.7 cm³/mol. The number of benzene rings is 2. The monoisotopic (exact) mass is 321 g/mol. The summed E-state index contributed by atoms with van der Waals surface area (Å²) in [6.07, 6.45) is 1.82. The third kappa shape index (κ3) is 4.46. The summed E-state index contributed by atoms with van der Waals surface area (Å²) in [5.41, 5.74) is 4.86. The van der Waals surface area contributed by atoms with Crippen molar-refractivity contribution < 1.29 is 4.74 Å². The molecule has 0 atom stereocenters. The second kappa shape index (κ2) is 7.79. The Morgan fingerprint density at radius 1 is 0.917 bits per heavy atom. The molecule has 0 aliphatic rings. The molecule has 0 aliphatic heterocycles. The molecular formula is C20H23N3O. The molecule has 0 unspecified atom stereocenters. The fraction of sp³-hybridized carbons (Fsp3) is 0.250. The maximum atomic E-state index is 5.83. The Morgan fingerprint density at radius 2 is 1.62 bits per heavy atom. The second-order valence-electron chi connectivity index (χ2n) is 5.97. The lowest BCUT2D eigenvalue weighted by molar-refractivity contribution is 0.306. The molecule has 0 aliphatic carbocycles. The number of ether oxygens (including phenoxy) is 1. The molecule has 24 heavy (non-hydrogen) atoms. The molecule has 0 spiro atoms. The van der Waals surface area contributed by atoms with Gasteiger partial charge in [-0.15, -0.1) is 0 Å². The minimum Gasteiger partial charge on any atom is -0.489 e. The Balaban J connectivity index is 1.46. The molecule has 0 amide bonds. The molecule has 3 aromatic rings. The van der Waals surface area contributed by atoms with Gasteiger partial charge in [0.1, 0.15) is 12.4 Å². The number of aromatic nitrogens is 2. The maximum Gasteiger partial charge on any atom is 0.119 e. The second-order valence-corrected chi connectivity index (χ2v) is 5.97. The predicted octanol–water partition coefficient (Wildman–Crippen LogP) is 3.60. The Kier molecular flexibility index (Phi) is 5.29. The summed E-state index contributed by atoms with van der Waals surface area (Å²) in [6.45, 7) is 4.32. The topological polar surface area (TPSA) is 39.1 Å². The summed E-state index contributed by atoms with van der Waals surface area (Å²) in [6, 6.07) is 18.7. The standard InChI is InChI=1S/C20H23N3O/c1-16-3-5-18(6-4-16)15-24-20-9-7-17(8-10-20)13-21-14-19-11-12-22-23(19)2/h3-12,21H,13-15H2,1-2H3. The van der Waals surface area contributed by atoms with E-state index in [2.05, 4.69) is 53.7 Å². The van der Waals surface area contributed by atoms with Crippen LogP contribution in [0.1, 0.15) is 22.4 Å². The normalized spacial score (nSPS) is 10.8. The smallest absolute Gasteiger partial charge is 0.119 e. The molecule has 3 rings (SSSR count). The van der Waals surface area contributed by atoms with Crippen LogP contribution in [-0.2, 0) is 26.7 Å². The number of hydrogen-bond donors (Lipinski definition) is 1. The van der Waals surface area contributed by atoms with Crippen LogP contribution in [0.3, 0.4) is 0 Å². The van der Waals surface area contributed by atoms with E-state index in [1.54, 1.807) is 0 Å². The van der Waals surface area contributed by atoms with Gasteiger partial charge in [0.2, 0.25) is 0 Å². The van der Waals surface area contributed by atoms with Crippen LogP contribution in [0, 0.1) is 6.92 Å². The minimum absolute atomic E-state index is 0.596. The zero-order chi connectivity index (χ0) is 16.8. The first-order valence-corrected chi connectivity index (χ1v) is 8.15. The van der Waals surface area contributed by atoms with Crippen LogP contribution in [0.5, 0.6) is 5.75 Å². The Morgan fingerprint density at radius 3 is 2.29 bits per heavy atom. The van der Waals surface area contributed by atoms with Crippen molar-refractivity contribution in [3.8, 4) is 5.75 Å².